The second kappa shape index (κ2) is 4.79. The summed E-state index contributed by atoms with van der Waals surface area (Å²) >= 11 is 0. The van der Waals surface area contributed by atoms with Crippen LogP contribution in [0.15, 0.2) is 9.59 Å². The number of carbonyl (C=O) groups is 1. The van der Waals surface area contributed by atoms with Crippen LogP contribution in [-0.4, -0.2) is 34.4 Å². The SMILES string of the molecule is NC(=O)OCCNc1n[nH]c(=O)[nH]c1=O. The van der Waals surface area contributed by atoms with Gasteiger partial charge in [-0.3, -0.25) is 9.78 Å². The maximum atomic E-state index is 11.0. The van der Waals surface area contributed by atoms with Crippen LogP contribution in [0.25, 0.3) is 0 Å². The third kappa shape index (κ3) is 3.50. The quantitative estimate of drug-likeness (QED) is 0.426. The van der Waals surface area contributed by atoms with Crippen LogP contribution in [-0.2, 0) is 4.74 Å². The summed E-state index contributed by atoms with van der Waals surface area (Å²) in [6.07, 6.45) is -0.903. The average molecular weight is 215 g/mol. The minimum atomic E-state index is -0.903. The van der Waals surface area contributed by atoms with Crippen LogP contribution in [0.1, 0.15) is 0 Å². The molecular weight excluding hydrogens is 206 g/mol. The molecule has 0 aliphatic rings. The number of carbonyl (C=O) groups excluding carboxylic acids is 1. The summed E-state index contributed by atoms with van der Waals surface area (Å²) in [4.78, 5) is 33.7. The number of primary amides is 1. The van der Waals surface area contributed by atoms with E-state index < -0.39 is 17.3 Å². The third-order valence-corrected chi connectivity index (χ3v) is 1.35. The molecule has 1 aromatic heterocycles. The number of H-pyrrole nitrogens is 2. The van der Waals surface area contributed by atoms with Crippen molar-refractivity contribution in [3.05, 3.63) is 20.8 Å². The molecule has 0 unspecified atom stereocenters. The fourth-order valence-electron chi connectivity index (χ4n) is 0.789. The molecule has 1 aromatic rings. The molecule has 0 fully saturated rings. The number of hydrogen-bond acceptors (Lipinski definition) is 6. The molecule has 0 aromatic carbocycles. The highest BCUT2D eigenvalue weighted by molar-refractivity contribution is 5.64. The number of anilines is 1. The Balaban J connectivity index is 2.48. The summed E-state index contributed by atoms with van der Waals surface area (Å²) in [5.41, 5.74) is 3.35. The second-order valence-corrected chi connectivity index (χ2v) is 2.45. The largest absolute Gasteiger partial charge is 0.448 e. The van der Waals surface area contributed by atoms with E-state index in [1.165, 1.54) is 0 Å². The predicted molar refractivity (Wildman–Crippen MR) is 49.5 cm³/mol. The van der Waals surface area contributed by atoms with E-state index in [4.69, 9.17) is 5.73 Å². The summed E-state index contributed by atoms with van der Waals surface area (Å²) in [5, 5.41) is 8.00. The fourth-order valence-corrected chi connectivity index (χ4v) is 0.789. The van der Waals surface area contributed by atoms with Crippen molar-refractivity contribution in [3.8, 4) is 0 Å². The van der Waals surface area contributed by atoms with Gasteiger partial charge < -0.3 is 15.8 Å². The summed E-state index contributed by atoms with van der Waals surface area (Å²) in [6.45, 7) is 0.153. The van der Waals surface area contributed by atoms with Gasteiger partial charge in [-0.15, -0.1) is 5.10 Å². The average Bonchev–Trinajstić information content (AvgIpc) is 2.14. The van der Waals surface area contributed by atoms with E-state index in [9.17, 15) is 14.4 Å². The van der Waals surface area contributed by atoms with Crippen molar-refractivity contribution in [2.24, 2.45) is 5.73 Å². The number of nitrogens with two attached hydrogens (primary N) is 1. The topological polar surface area (TPSA) is 143 Å². The van der Waals surface area contributed by atoms with Gasteiger partial charge in [0.25, 0.3) is 5.56 Å². The molecule has 0 aliphatic heterocycles. The first-order valence-corrected chi connectivity index (χ1v) is 3.94. The van der Waals surface area contributed by atoms with Gasteiger partial charge in [-0.1, -0.05) is 0 Å². The maximum Gasteiger partial charge on any atom is 0.404 e. The van der Waals surface area contributed by atoms with Gasteiger partial charge in [-0.05, 0) is 0 Å². The maximum absolute atomic E-state index is 11.0. The zero-order valence-corrected chi connectivity index (χ0v) is 7.57. The van der Waals surface area contributed by atoms with Crippen molar-refractivity contribution in [1.82, 2.24) is 15.2 Å². The smallest absolute Gasteiger partial charge is 0.404 e. The highest BCUT2D eigenvalue weighted by atomic mass is 16.5. The molecule has 0 spiro atoms. The summed E-state index contributed by atoms with van der Waals surface area (Å²) in [6, 6.07) is 0. The first kappa shape index (κ1) is 10.8. The Hall–Kier alpha value is -2.32. The molecule has 0 saturated carbocycles. The normalized spacial score (nSPS) is 9.60. The molecule has 9 heteroatoms. The van der Waals surface area contributed by atoms with Gasteiger partial charge in [0.2, 0.25) is 5.82 Å². The molecule has 1 heterocycles. The van der Waals surface area contributed by atoms with E-state index in [0.717, 1.165) is 0 Å². The molecule has 15 heavy (non-hydrogen) atoms. The van der Waals surface area contributed by atoms with E-state index in [0.29, 0.717) is 0 Å². The van der Waals surface area contributed by atoms with Crippen molar-refractivity contribution in [2.75, 3.05) is 18.5 Å². The summed E-state index contributed by atoms with van der Waals surface area (Å²) < 4.78 is 4.39. The van der Waals surface area contributed by atoms with Gasteiger partial charge in [0, 0.05) is 0 Å². The molecule has 9 nitrogen and oxygen atoms in total. The Morgan fingerprint density at radius 1 is 1.53 bits per heavy atom. The zero-order valence-electron chi connectivity index (χ0n) is 7.57. The lowest BCUT2D eigenvalue weighted by Gasteiger charge is -2.03. The van der Waals surface area contributed by atoms with Crippen LogP contribution in [0, 0.1) is 0 Å². The number of nitrogens with one attached hydrogen (secondary N) is 3. The van der Waals surface area contributed by atoms with E-state index in [1.54, 1.807) is 0 Å². The minimum Gasteiger partial charge on any atom is -0.448 e. The highest BCUT2D eigenvalue weighted by Crippen LogP contribution is 1.85. The van der Waals surface area contributed by atoms with Gasteiger partial charge in [-0.25, -0.2) is 14.7 Å². The van der Waals surface area contributed by atoms with Crippen molar-refractivity contribution < 1.29 is 9.53 Å². The number of amides is 1. The first-order valence-electron chi connectivity index (χ1n) is 3.94. The van der Waals surface area contributed by atoms with Crippen LogP contribution in [0.5, 0.6) is 0 Å². The fraction of sp³-hybridized carbons (Fsp3) is 0.333. The first-order chi connectivity index (χ1) is 7.09. The predicted octanol–water partition coefficient (Wildman–Crippen LogP) is -2.03. The molecule has 82 valence electrons. The number of ether oxygens (including phenoxy) is 1. The molecule has 0 bridgehead atoms. The Morgan fingerprint density at radius 3 is 2.87 bits per heavy atom. The molecule has 0 aliphatic carbocycles. The van der Waals surface area contributed by atoms with Crippen molar-refractivity contribution in [1.29, 1.82) is 0 Å². The monoisotopic (exact) mass is 215 g/mol. The molecule has 1 amide bonds. The Kier molecular flexibility index (Phi) is 3.43. The van der Waals surface area contributed by atoms with Gasteiger partial charge in [0.1, 0.15) is 6.61 Å². The molecule has 0 atom stereocenters. The lowest BCUT2D eigenvalue weighted by atomic mass is 10.6. The Labute approximate surface area is 82.6 Å². The number of aromatic amines is 2. The number of nitrogens with zero attached hydrogens (tertiary/aromatic N) is 1. The van der Waals surface area contributed by atoms with E-state index in [2.05, 4.69) is 15.2 Å². The standard InChI is InChI=1S/C6H9N5O4/c7-5(13)15-2-1-8-3-4(12)9-6(14)11-10-3/h1-2H2,(H2,7,13)(H,8,10)(H2,9,11,12,14). The van der Waals surface area contributed by atoms with Gasteiger partial charge in [-0.2, -0.15) is 0 Å². The van der Waals surface area contributed by atoms with Crippen LogP contribution in [0.2, 0.25) is 0 Å². The molecule has 1 rings (SSSR count). The van der Waals surface area contributed by atoms with Gasteiger partial charge in [0.15, 0.2) is 0 Å². The number of aromatic nitrogens is 3. The Morgan fingerprint density at radius 2 is 2.27 bits per heavy atom. The minimum absolute atomic E-state index is 0.00439. The molecule has 5 N–H and O–H groups in total. The van der Waals surface area contributed by atoms with Crippen molar-refractivity contribution in [3.63, 3.8) is 0 Å². The lowest BCUT2D eigenvalue weighted by Crippen LogP contribution is -2.28. The molecule has 0 saturated heterocycles. The van der Waals surface area contributed by atoms with Crippen LogP contribution >= 0.6 is 0 Å². The van der Waals surface area contributed by atoms with Crippen LogP contribution in [0.4, 0.5) is 10.6 Å². The Bertz CT molecular complexity index is 449. The van der Waals surface area contributed by atoms with Gasteiger partial charge in [0.05, 0.1) is 6.54 Å². The lowest BCUT2D eigenvalue weighted by molar-refractivity contribution is 0.161. The summed E-state index contributed by atoms with van der Waals surface area (Å²) in [7, 11) is 0. The highest BCUT2D eigenvalue weighted by Gasteiger charge is 2.00. The van der Waals surface area contributed by atoms with Crippen LogP contribution in [0.3, 0.4) is 0 Å². The van der Waals surface area contributed by atoms with Crippen molar-refractivity contribution >= 4 is 11.9 Å². The van der Waals surface area contributed by atoms with E-state index in [-0.39, 0.29) is 19.0 Å². The van der Waals surface area contributed by atoms with E-state index >= 15 is 0 Å². The second-order valence-electron chi connectivity index (χ2n) is 2.45. The molecule has 0 radical (unpaired) electrons. The van der Waals surface area contributed by atoms with Crippen LogP contribution < -0.4 is 22.3 Å². The summed E-state index contributed by atoms with van der Waals surface area (Å²) in [5.74, 6) is -0.0670. The van der Waals surface area contributed by atoms with E-state index in [1.807, 2.05) is 10.1 Å². The zero-order chi connectivity index (χ0) is 11.3. The van der Waals surface area contributed by atoms with Crippen molar-refractivity contribution in [2.45, 2.75) is 0 Å². The number of hydrogen-bond donors (Lipinski definition) is 4. The molecular formula is C6H9N5O4. The third-order valence-electron chi connectivity index (χ3n) is 1.35. The van der Waals surface area contributed by atoms with Gasteiger partial charge >= 0.3 is 11.8 Å². The number of rotatable bonds is 4.